The number of aliphatic hydroxyl groups is 1. The Morgan fingerprint density at radius 1 is 1.43 bits per heavy atom. The first-order valence-electron chi connectivity index (χ1n) is 5.10. The van der Waals surface area contributed by atoms with Gasteiger partial charge >= 0.3 is 0 Å². The molecule has 2 heteroatoms. The predicted octanol–water partition coefficient (Wildman–Crippen LogP) is 2.00. The second-order valence-electron chi connectivity index (χ2n) is 4.07. The summed E-state index contributed by atoms with van der Waals surface area (Å²) in [6, 6.07) is 8.07. The van der Waals surface area contributed by atoms with Gasteiger partial charge in [0, 0.05) is 6.61 Å². The van der Waals surface area contributed by atoms with Gasteiger partial charge in [-0.2, -0.15) is 0 Å². The van der Waals surface area contributed by atoms with Crippen LogP contribution in [0.3, 0.4) is 0 Å². The van der Waals surface area contributed by atoms with Crippen LogP contribution >= 0.6 is 0 Å². The third kappa shape index (κ3) is 2.26. The molecule has 0 aromatic heterocycles. The maximum Gasteiger partial charge on any atom is 0.119 e. The standard InChI is InChI=1S/C12H16O2/c1-9-3-2-4-12(5-9)14-8-11-6-10(11)7-13/h2-5,10-11,13H,6-8H2,1H3. The summed E-state index contributed by atoms with van der Waals surface area (Å²) >= 11 is 0. The monoisotopic (exact) mass is 192 g/mol. The summed E-state index contributed by atoms with van der Waals surface area (Å²) in [5.41, 5.74) is 1.22. The molecule has 0 radical (unpaired) electrons. The van der Waals surface area contributed by atoms with E-state index < -0.39 is 0 Å². The topological polar surface area (TPSA) is 29.5 Å². The van der Waals surface area contributed by atoms with Crippen molar-refractivity contribution in [2.75, 3.05) is 13.2 Å². The largest absolute Gasteiger partial charge is 0.493 e. The molecule has 1 aliphatic carbocycles. The minimum atomic E-state index is 0.307. The summed E-state index contributed by atoms with van der Waals surface area (Å²) in [6.45, 7) is 3.11. The van der Waals surface area contributed by atoms with E-state index in [4.69, 9.17) is 9.84 Å². The molecule has 0 aliphatic heterocycles. The molecule has 76 valence electrons. The second-order valence-corrected chi connectivity index (χ2v) is 4.07. The van der Waals surface area contributed by atoms with Crippen molar-refractivity contribution in [3.63, 3.8) is 0 Å². The van der Waals surface area contributed by atoms with Gasteiger partial charge in [-0.05, 0) is 42.9 Å². The van der Waals surface area contributed by atoms with Crippen molar-refractivity contribution in [1.29, 1.82) is 0 Å². The highest BCUT2D eigenvalue weighted by Crippen LogP contribution is 2.38. The highest BCUT2D eigenvalue weighted by Gasteiger charge is 2.36. The molecule has 1 aromatic carbocycles. The summed E-state index contributed by atoms with van der Waals surface area (Å²) in [5.74, 6) is 1.99. The van der Waals surface area contributed by atoms with E-state index >= 15 is 0 Å². The molecule has 14 heavy (non-hydrogen) atoms. The third-order valence-corrected chi connectivity index (χ3v) is 2.76. The third-order valence-electron chi connectivity index (χ3n) is 2.76. The Hall–Kier alpha value is -1.02. The second kappa shape index (κ2) is 4.01. The molecule has 0 saturated heterocycles. The van der Waals surface area contributed by atoms with E-state index in [0.29, 0.717) is 18.4 Å². The molecule has 1 saturated carbocycles. The van der Waals surface area contributed by atoms with Gasteiger partial charge < -0.3 is 9.84 Å². The average molecular weight is 192 g/mol. The predicted molar refractivity (Wildman–Crippen MR) is 55.4 cm³/mol. The Labute approximate surface area is 84.5 Å². The van der Waals surface area contributed by atoms with Crippen LogP contribution in [0.2, 0.25) is 0 Å². The van der Waals surface area contributed by atoms with E-state index in [-0.39, 0.29) is 0 Å². The Balaban J connectivity index is 1.81. The zero-order valence-electron chi connectivity index (χ0n) is 8.44. The van der Waals surface area contributed by atoms with Gasteiger partial charge in [0.2, 0.25) is 0 Å². The van der Waals surface area contributed by atoms with Crippen LogP contribution in [0.1, 0.15) is 12.0 Å². The highest BCUT2D eigenvalue weighted by molar-refractivity contribution is 5.27. The van der Waals surface area contributed by atoms with Crippen molar-refractivity contribution in [2.24, 2.45) is 11.8 Å². The van der Waals surface area contributed by atoms with Crippen molar-refractivity contribution in [3.05, 3.63) is 29.8 Å². The molecule has 0 heterocycles. The number of ether oxygens (including phenoxy) is 1. The number of hydrogen-bond acceptors (Lipinski definition) is 2. The fourth-order valence-corrected chi connectivity index (χ4v) is 1.65. The number of hydrogen-bond donors (Lipinski definition) is 1. The van der Waals surface area contributed by atoms with E-state index in [2.05, 4.69) is 13.0 Å². The lowest BCUT2D eigenvalue weighted by atomic mass is 10.2. The summed E-state index contributed by atoms with van der Waals surface area (Å²) in [6.07, 6.45) is 1.11. The molecular formula is C12H16O2. The fourth-order valence-electron chi connectivity index (χ4n) is 1.65. The Kier molecular flexibility index (Phi) is 2.73. The van der Waals surface area contributed by atoms with E-state index in [1.165, 1.54) is 5.56 Å². The van der Waals surface area contributed by atoms with Crippen LogP contribution in [-0.4, -0.2) is 18.3 Å². The maximum absolute atomic E-state index is 8.86. The first-order valence-corrected chi connectivity index (χ1v) is 5.10. The van der Waals surface area contributed by atoms with Crippen molar-refractivity contribution in [2.45, 2.75) is 13.3 Å². The van der Waals surface area contributed by atoms with Gasteiger partial charge in [0.1, 0.15) is 5.75 Å². The van der Waals surface area contributed by atoms with E-state index in [1.54, 1.807) is 0 Å². The van der Waals surface area contributed by atoms with Crippen molar-refractivity contribution < 1.29 is 9.84 Å². The minimum Gasteiger partial charge on any atom is -0.493 e. The van der Waals surface area contributed by atoms with Gasteiger partial charge in [0.15, 0.2) is 0 Å². The van der Waals surface area contributed by atoms with Crippen LogP contribution in [0, 0.1) is 18.8 Å². The first-order chi connectivity index (χ1) is 6.79. The van der Waals surface area contributed by atoms with Crippen molar-refractivity contribution >= 4 is 0 Å². The van der Waals surface area contributed by atoms with E-state index in [9.17, 15) is 0 Å². The summed E-state index contributed by atoms with van der Waals surface area (Å²) in [7, 11) is 0. The van der Waals surface area contributed by atoms with Crippen molar-refractivity contribution in [3.8, 4) is 5.75 Å². The molecule has 0 bridgehead atoms. The Bertz CT molecular complexity index is 309. The first kappa shape index (κ1) is 9.53. The van der Waals surface area contributed by atoms with Gasteiger partial charge in [0.25, 0.3) is 0 Å². The van der Waals surface area contributed by atoms with Crippen LogP contribution < -0.4 is 4.74 Å². The lowest BCUT2D eigenvalue weighted by molar-refractivity contribution is 0.243. The molecule has 2 atom stereocenters. The lowest BCUT2D eigenvalue weighted by Crippen LogP contribution is -2.02. The molecular weight excluding hydrogens is 176 g/mol. The van der Waals surface area contributed by atoms with Crippen LogP contribution in [0.5, 0.6) is 5.75 Å². The van der Waals surface area contributed by atoms with Crippen LogP contribution in [0.25, 0.3) is 0 Å². The average Bonchev–Trinajstić information content (AvgIpc) is 2.93. The zero-order valence-corrected chi connectivity index (χ0v) is 8.44. The van der Waals surface area contributed by atoms with E-state index in [1.807, 2.05) is 18.2 Å². The quantitative estimate of drug-likeness (QED) is 0.790. The van der Waals surface area contributed by atoms with Crippen LogP contribution in [0.15, 0.2) is 24.3 Å². The number of aryl methyl sites for hydroxylation is 1. The molecule has 2 unspecified atom stereocenters. The van der Waals surface area contributed by atoms with Gasteiger partial charge in [-0.25, -0.2) is 0 Å². The fraction of sp³-hybridized carbons (Fsp3) is 0.500. The van der Waals surface area contributed by atoms with Crippen LogP contribution in [-0.2, 0) is 0 Å². The molecule has 0 amide bonds. The zero-order chi connectivity index (χ0) is 9.97. The van der Waals surface area contributed by atoms with Gasteiger partial charge in [-0.3, -0.25) is 0 Å². The molecule has 2 nitrogen and oxygen atoms in total. The van der Waals surface area contributed by atoms with Gasteiger partial charge in [0.05, 0.1) is 6.61 Å². The molecule has 1 aliphatic rings. The van der Waals surface area contributed by atoms with Gasteiger partial charge in [-0.1, -0.05) is 12.1 Å². The SMILES string of the molecule is Cc1cccc(OCC2CC2CO)c1. The summed E-state index contributed by atoms with van der Waals surface area (Å²) in [4.78, 5) is 0. The summed E-state index contributed by atoms with van der Waals surface area (Å²) < 4.78 is 5.63. The molecule has 2 rings (SSSR count). The molecule has 1 aromatic rings. The Morgan fingerprint density at radius 2 is 2.29 bits per heavy atom. The lowest BCUT2D eigenvalue weighted by Gasteiger charge is -2.05. The van der Waals surface area contributed by atoms with Gasteiger partial charge in [-0.15, -0.1) is 0 Å². The van der Waals surface area contributed by atoms with Crippen molar-refractivity contribution in [1.82, 2.24) is 0 Å². The maximum atomic E-state index is 8.86. The normalized spacial score (nSPS) is 24.7. The molecule has 1 fully saturated rings. The smallest absolute Gasteiger partial charge is 0.119 e. The van der Waals surface area contributed by atoms with E-state index in [0.717, 1.165) is 18.8 Å². The molecule has 0 spiro atoms. The number of benzene rings is 1. The minimum absolute atomic E-state index is 0.307. The summed E-state index contributed by atoms with van der Waals surface area (Å²) in [5, 5.41) is 8.86. The molecule has 1 N–H and O–H groups in total. The van der Waals surface area contributed by atoms with Crippen LogP contribution in [0.4, 0.5) is 0 Å². The number of rotatable bonds is 4. The Morgan fingerprint density at radius 3 is 2.93 bits per heavy atom. The number of aliphatic hydroxyl groups excluding tert-OH is 1. The highest BCUT2D eigenvalue weighted by atomic mass is 16.5.